The van der Waals surface area contributed by atoms with Gasteiger partial charge >= 0.3 is 7.48 Å². The van der Waals surface area contributed by atoms with E-state index >= 15 is 0 Å². The molecule has 3 N–H and O–H groups in total. The van der Waals surface area contributed by atoms with Crippen LogP contribution in [0.2, 0.25) is 0 Å². The Morgan fingerprint density at radius 2 is 2.04 bits per heavy atom. The Balaban J connectivity index is 2.18. The third-order valence-corrected chi connectivity index (χ3v) is 3.70. The van der Waals surface area contributed by atoms with E-state index < -0.39 is 0 Å². The molecule has 0 aliphatic carbocycles. The second kappa shape index (κ2) is 8.56. The maximum Gasteiger partial charge on any atom is 0.327 e. The van der Waals surface area contributed by atoms with E-state index in [1.165, 1.54) is 17.3 Å². The molecule has 0 aliphatic heterocycles. The highest BCUT2D eigenvalue weighted by Gasteiger charge is 2.15. The zero-order chi connectivity index (χ0) is 18.4. The summed E-state index contributed by atoms with van der Waals surface area (Å²) in [5, 5.41) is 27.5. The largest absolute Gasteiger partial charge is 0.450 e. The van der Waals surface area contributed by atoms with Crippen molar-refractivity contribution in [3.8, 4) is 11.6 Å². The summed E-state index contributed by atoms with van der Waals surface area (Å²) in [5.41, 5.74) is 1.83. The van der Waals surface area contributed by atoms with Gasteiger partial charge in [0.25, 0.3) is 5.91 Å². The van der Waals surface area contributed by atoms with Crippen molar-refractivity contribution in [1.82, 2.24) is 14.9 Å². The molecule has 0 saturated heterocycles. The molecule has 8 nitrogen and oxygen atoms in total. The SMILES string of the molecule is Cc1c(Oc2cnc(C(=O)N(C)CCO)cn2)ccc(CO)c1[B]O. The molecular weight excluding hydrogens is 325 g/mol. The maximum absolute atomic E-state index is 12.0. The number of hydrogen-bond donors (Lipinski definition) is 3. The second-order valence-corrected chi connectivity index (χ2v) is 5.34. The first-order valence-corrected chi connectivity index (χ1v) is 7.58. The maximum atomic E-state index is 12.0. The summed E-state index contributed by atoms with van der Waals surface area (Å²) in [7, 11) is 2.47. The molecule has 0 aliphatic rings. The minimum absolute atomic E-state index is 0.135. The van der Waals surface area contributed by atoms with Gasteiger partial charge < -0.3 is 24.9 Å². The minimum Gasteiger partial charge on any atom is -0.450 e. The van der Waals surface area contributed by atoms with Crippen LogP contribution in [0.3, 0.4) is 0 Å². The van der Waals surface area contributed by atoms with Crippen LogP contribution < -0.4 is 10.2 Å². The molecule has 1 amide bonds. The summed E-state index contributed by atoms with van der Waals surface area (Å²) in [5.74, 6) is 0.280. The first kappa shape index (κ1) is 18.8. The molecule has 1 aromatic carbocycles. The zero-order valence-electron chi connectivity index (χ0n) is 14.0. The fourth-order valence-electron chi connectivity index (χ4n) is 2.23. The molecule has 25 heavy (non-hydrogen) atoms. The van der Waals surface area contributed by atoms with Crippen molar-refractivity contribution in [2.24, 2.45) is 0 Å². The molecule has 1 radical (unpaired) electrons. The van der Waals surface area contributed by atoms with E-state index in [2.05, 4.69) is 9.97 Å². The normalized spacial score (nSPS) is 10.4. The van der Waals surface area contributed by atoms with E-state index in [9.17, 15) is 14.9 Å². The smallest absolute Gasteiger partial charge is 0.327 e. The molecule has 0 atom stereocenters. The number of nitrogens with zero attached hydrogens (tertiary/aromatic N) is 3. The first-order chi connectivity index (χ1) is 12.0. The highest BCUT2D eigenvalue weighted by atomic mass is 16.5. The van der Waals surface area contributed by atoms with Gasteiger partial charge in [-0.2, -0.15) is 0 Å². The Labute approximate surface area is 146 Å². The minimum atomic E-state index is -0.353. The van der Waals surface area contributed by atoms with Crippen molar-refractivity contribution in [3.05, 3.63) is 41.3 Å². The summed E-state index contributed by atoms with van der Waals surface area (Å²) in [4.78, 5) is 21.5. The molecular formula is C16H19BN3O5. The van der Waals surface area contributed by atoms with Crippen molar-refractivity contribution in [2.45, 2.75) is 13.5 Å². The fourth-order valence-corrected chi connectivity index (χ4v) is 2.23. The number of aliphatic hydroxyl groups is 2. The van der Waals surface area contributed by atoms with E-state index in [1.54, 1.807) is 26.1 Å². The lowest BCUT2D eigenvalue weighted by Crippen LogP contribution is -2.30. The second-order valence-electron chi connectivity index (χ2n) is 5.34. The number of likely N-dealkylation sites (N-methyl/N-ethyl adjacent to an activating group) is 1. The highest BCUT2D eigenvalue weighted by Crippen LogP contribution is 2.23. The standard InChI is InChI=1S/C16H19BN3O5/c1-10-13(4-3-11(9-22)15(10)17-24)25-14-8-18-12(7-19-14)16(23)20(2)5-6-21/h3-4,7-8,21-22,24H,5-6,9H2,1-2H3. The van der Waals surface area contributed by atoms with Crippen LogP contribution in [0.4, 0.5) is 0 Å². The van der Waals surface area contributed by atoms with Crippen molar-refractivity contribution in [2.75, 3.05) is 20.2 Å². The van der Waals surface area contributed by atoms with E-state index in [1.807, 2.05) is 0 Å². The molecule has 0 saturated carbocycles. The van der Waals surface area contributed by atoms with E-state index in [-0.39, 0.29) is 37.2 Å². The van der Waals surface area contributed by atoms with Crippen LogP contribution in [0.15, 0.2) is 24.5 Å². The molecule has 131 valence electrons. The van der Waals surface area contributed by atoms with Crippen molar-refractivity contribution < 1.29 is 24.8 Å². The predicted octanol–water partition coefficient (Wildman–Crippen LogP) is -0.629. The molecule has 2 rings (SSSR count). The number of carbonyl (C=O) groups is 1. The number of aromatic nitrogens is 2. The van der Waals surface area contributed by atoms with Crippen molar-refractivity contribution >= 4 is 18.9 Å². The van der Waals surface area contributed by atoms with Gasteiger partial charge in [-0.25, -0.2) is 9.97 Å². The number of rotatable bonds is 7. The van der Waals surface area contributed by atoms with Gasteiger partial charge in [-0.3, -0.25) is 4.79 Å². The monoisotopic (exact) mass is 344 g/mol. The number of carbonyl (C=O) groups excluding carboxylic acids is 1. The lowest BCUT2D eigenvalue weighted by atomic mass is 9.80. The van der Waals surface area contributed by atoms with Gasteiger partial charge in [-0.1, -0.05) is 6.07 Å². The van der Waals surface area contributed by atoms with Gasteiger partial charge in [-0.15, -0.1) is 0 Å². The Morgan fingerprint density at radius 3 is 2.60 bits per heavy atom. The predicted molar refractivity (Wildman–Crippen MR) is 90.9 cm³/mol. The molecule has 0 bridgehead atoms. The van der Waals surface area contributed by atoms with Crippen molar-refractivity contribution in [1.29, 1.82) is 0 Å². The summed E-state index contributed by atoms with van der Waals surface area (Å²) < 4.78 is 5.64. The van der Waals surface area contributed by atoms with Crippen LogP contribution in [0.25, 0.3) is 0 Å². The number of ether oxygens (including phenoxy) is 1. The first-order valence-electron chi connectivity index (χ1n) is 7.58. The summed E-state index contributed by atoms with van der Waals surface area (Å²) >= 11 is 0. The van der Waals surface area contributed by atoms with Crippen LogP contribution in [0.1, 0.15) is 21.6 Å². The Morgan fingerprint density at radius 1 is 1.28 bits per heavy atom. The van der Waals surface area contributed by atoms with Gasteiger partial charge in [0.15, 0.2) is 0 Å². The third-order valence-electron chi connectivity index (χ3n) is 3.70. The summed E-state index contributed by atoms with van der Waals surface area (Å²) in [6, 6.07) is 3.29. The highest BCUT2D eigenvalue weighted by molar-refractivity contribution is 6.47. The number of benzene rings is 1. The zero-order valence-corrected chi connectivity index (χ0v) is 14.0. The quantitative estimate of drug-likeness (QED) is 0.573. The lowest BCUT2D eigenvalue weighted by molar-refractivity contribution is 0.0760. The molecule has 9 heteroatoms. The molecule has 0 spiro atoms. The van der Waals surface area contributed by atoms with Gasteiger partial charge in [-0.05, 0) is 29.6 Å². The number of hydrogen-bond acceptors (Lipinski definition) is 7. The molecule has 0 fully saturated rings. The Hall–Kier alpha value is -2.49. The molecule has 0 unspecified atom stereocenters. The lowest BCUT2D eigenvalue weighted by Gasteiger charge is -2.15. The molecule has 2 aromatic rings. The van der Waals surface area contributed by atoms with Crippen molar-refractivity contribution in [3.63, 3.8) is 0 Å². The number of amides is 1. The topological polar surface area (TPSA) is 116 Å². The van der Waals surface area contributed by atoms with Crippen LogP contribution >= 0.6 is 0 Å². The van der Waals surface area contributed by atoms with Gasteiger partial charge in [0, 0.05) is 13.6 Å². The molecule has 1 heterocycles. The van der Waals surface area contributed by atoms with Crippen LogP contribution in [-0.4, -0.2) is 63.7 Å². The average molecular weight is 344 g/mol. The molecule has 1 aromatic heterocycles. The van der Waals surface area contributed by atoms with Gasteiger partial charge in [0.05, 0.1) is 25.6 Å². The summed E-state index contributed by atoms with van der Waals surface area (Å²) in [6.45, 7) is 1.61. The Kier molecular flexibility index (Phi) is 6.46. The van der Waals surface area contributed by atoms with Gasteiger partial charge in [0.1, 0.15) is 11.4 Å². The summed E-state index contributed by atoms with van der Waals surface area (Å²) in [6.07, 6.45) is 2.61. The van der Waals surface area contributed by atoms with Crippen LogP contribution in [0.5, 0.6) is 11.6 Å². The van der Waals surface area contributed by atoms with E-state index in [4.69, 9.17) is 9.84 Å². The fraction of sp³-hybridized carbons (Fsp3) is 0.312. The van der Waals surface area contributed by atoms with Gasteiger partial charge in [0.2, 0.25) is 5.88 Å². The van der Waals surface area contributed by atoms with E-state index in [0.29, 0.717) is 22.3 Å². The van der Waals surface area contributed by atoms with Crippen LogP contribution in [-0.2, 0) is 6.61 Å². The number of aliphatic hydroxyl groups excluding tert-OH is 2. The Bertz CT molecular complexity index is 739. The third kappa shape index (κ3) is 4.33. The van der Waals surface area contributed by atoms with E-state index in [0.717, 1.165) is 7.48 Å². The average Bonchev–Trinajstić information content (AvgIpc) is 2.63. The van der Waals surface area contributed by atoms with Crippen LogP contribution in [0, 0.1) is 6.92 Å².